The molecule has 1 saturated heterocycles. The molecule has 1 fully saturated rings. The average Bonchev–Trinajstić information content (AvgIpc) is 3.40. The van der Waals surface area contributed by atoms with Gasteiger partial charge in [0.15, 0.2) is 11.6 Å². The number of H-pyrrole nitrogens is 1. The van der Waals surface area contributed by atoms with Crippen LogP contribution in [0.5, 0.6) is 0 Å². The van der Waals surface area contributed by atoms with Crippen LogP contribution in [0.3, 0.4) is 0 Å². The molecule has 0 bridgehead atoms. The van der Waals surface area contributed by atoms with E-state index in [1.807, 2.05) is 0 Å². The molecule has 34 heavy (non-hydrogen) atoms. The van der Waals surface area contributed by atoms with E-state index in [4.69, 9.17) is 11.6 Å². The topological polar surface area (TPSA) is 116 Å². The summed E-state index contributed by atoms with van der Waals surface area (Å²) in [6, 6.07) is 0. The number of nitrogens with zero attached hydrogens (tertiary/aromatic N) is 4. The van der Waals surface area contributed by atoms with Gasteiger partial charge in [-0.05, 0) is 42.0 Å². The van der Waals surface area contributed by atoms with Crippen LogP contribution in [0.15, 0.2) is 12.4 Å². The first-order valence-electron chi connectivity index (χ1n) is 11.3. The van der Waals surface area contributed by atoms with Crippen molar-refractivity contribution in [2.45, 2.75) is 38.6 Å². The number of carbonyl (C=O) groups is 2. The van der Waals surface area contributed by atoms with Crippen molar-refractivity contribution in [3.63, 3.8) is 0 Å². The number of rotatable bonds is 4. The number of likely N-dealkylation sites (tertiary alicyclic amines) is 1. The predicted octanol–water partition coefficient (Wildman–Crippen LogP) is 2.91. The van der Waals surface area contributed by atoms with Gasteiger partial charge in [0.1, 0.15) is 5.82 Å². The minimum absolute atomic E-state index is 0.00251. The smallest absolute Gasteiger partial charge is 0.253 e. The van der Waals surface area contributed by atoms with Crippen LogP contribution in [0, 0.1) is 5.82 Å². The molecule has 11 heteroatoms. The highest BCUT2D eigenvalue weighted by Crippen LogP contribution is 2.40. The maximum Gasteiger partial charge on any atom is 0.253 e. The summed E-state index contributed by atoms with van der Waals surface area (Å²) in [5.41, 5.74) is 4.76. The number of amides is 2. The minimum Gasteiger partial charge on any atom is -0.357 e. The Morgan fingerprint density at radius 1 is 1.09 bits per heavy atom. The van der Waals surface area contributed by atoms with Crippen molar-refractivity contribution < 1.29 is 14.0 Å². The molecule has 3 N–H and O–H groups in total. The van der Waals surface area contributed by atoms with E-state index in [1.165, 1.54) is 6.20 Å². The molecule has 0 saturated carbocycles. The van der Waals surface area contributed by atoms with E-state index < -0.39 is 5.82 Å². The van der Waals surface area contributed by atoms with E-state index in [9.17, 15) is 9.59 Å². The van der Waals surface area contributed by atoms with Crippen LogP contribution in [0.1, 0.15) is 45.6 Å². The number of carbonyl (C=O) groups excluding carboxylic acids is 2. The van der Waals surface area contributed by atoms with Crippen LogP contribution < -0.4 is 10.6 Å². The number of nitrogens with one attached hydrogen (secondary N) is 3. The number of anilines is 2. The lowest BCUT2D eigenvalue weighted by Crippen LogP contribution is -2.32. The largest absolute Gasteiger partial charge is 0.357 e. The van der Waals surface area contributed by atoms with Crippen molar-refractivity contribution in [2.75, 3.05) is 18.4 Å². The first kappa shape index (κ1) is 21.0. The number of hydrogen-bond donors (Lipinski definition) is 3. The molecule has 0 atom stereocenters. The molecule has 6 rings (SSSR count). The van der Waals surface area contributed by atoms with Gasteiger partial charge in [-0.2, -0.15) is 0 Å². The molecule has 2 aliphatic heterocycles. The second-order valence-electron chi connectivity index (χ2n) is 8.72. The van der Waals surface area contributed by atoms with E-state index in [0.717, 1.165) is 23.2 Å². The Hall–Kier alpha value is -3.53. The SMILES string of the molecule is O=C1NCCc2[nH]c3c(c21)CCc1cnc(Nc2nc(Cl)ncc2CN2CCCC2=O)c(F)c1-3. The Kier molecular flexibility index (Phi) is 4.98. The van der Waals surface area contributed by atoms with Crippen molar-refractivity contribution in [1.29, 1.82) is 0 Å². The number of aryl methyl sites for hydroxylation is 1. The number of halogens is 2. The molecule has 174 valence electrons. The summed E-state index contributed by atoms with van der Waals surface area (Å²) in [6.45, 7) is 1.51. The Labute approximate surface area is 199 Å². The Balaban J connectivity index is 1.39. The number of aromatic nitrogens is 4. The average molecular weight is 482 g/mol. The molecule has 0 spiro atoms. The van der Waals surface area contributed by atoms with E-state index in [1.54, 1.807) is 11.1 Å². The summed E-state index contributed by atoms with van der Waals surface area (Å²) in [5, 5.41) is 5.84. The molecular weight excluding hydrogens is 461 g/mol. The quantitative estimate of drug-likeness (QED) is 0.493. The van der Waals surface area contributed by atoms with Gasteiger partial charge in [-0.15, -0.1) is 0 Å². The maximum absolute atomic E-state index is 15.9. The lowest BCUT2D eigenvalue weighted by molar-refractivity contribution is -0.128. The summed E-state index contributed by atoms with van der Waals surface area (Å²) < 4.78 is 15.9. The molecule has 2 amide bonds. The Morgan fingerprint density at radius 3 is 2.79 bits per heavy atom. The predicted molar refractivity (Wildman–Crippen MR) is 122 cm³/mol. The van der Waals surface area contributed by atoms with E-state index in [2.05, 4.69) is 30.6 Å². The second-order valence-corrected chi connectivity index (χ2v) is 9.05. The lowest BCUT2D eigenvalue weighted by atomic mass is 9.88. The zero-order chi connectivity index (χ0) is 23.4. The van der Waals surface area contributed by atoms with Gasteiger partial charge in [0.05, 0.1) is 17.8 Å². The van der Waals surface area contributed by atoms with Crippen LogP contribution in [0.4, 0.5) is 16.0 Å². The summed E-state index contributed by atoms with van der Waals surface area (Å²) in [5.74, 6) is -0.298. The summed E-state index contributed by atoms with van der Waals surface area (Å²) in [7, 11) is 0. The number of pyridine rings is 1. The van der Waals surface area contributed by atoms with Gasteiger partial charge in [-0.1, -0.05) is 0 Å². The number of fused-ring (bicyclic) bond motifs is 5. The lowest BCUT2D eigenvalue weighted by Gasteiger charge is -2.21. The highest BCUT2D eigenvalue weighted by atomic mass is 35.5. The van der Waals surface area contributed by atoms with Crippen molar-refractivity contribution in [3.05, 3.63) is 51.4 Å². The highest BCUT2D eigenvalue weighted by molar-refractivity contribution is 6.28. The van der Waals surface area contributed by atoms with Gasteiger partial charge in [0.25, 0.3) is 5.91 Å². The van der Waals surface area contributed by atoms with Crippen LogP contribution in [0.25, 0.3) is 11.3 Å². The molecule has 0 radical (unpaired) electrons. The van der Waals surface area contributed by atoms with Crippen molar-refractivity contribution in [3.8, 4) is 11.3 Å². The monoisotopic (exact) mass is 481 g/mol. The Bertz CT molecular complexity index is 1360. The standard InChI is InChI=1S/C23H21ClFN7O2/c24-23-28-9-12(10-32-7-1-2-15(32)33)20(31-23)30-21-18(25)16-11(8-27-21)3-4-13-17-14(29-19(13)16)5-6-26-22(17)34/h8-9,29H,1-7,10H2,(H,26,34)(H,27,28,30,31). The first-order chi connectivity index (χ1) is 16.5. The normalized spacial score (nSPS) is 16.7. The molecule has 0 aromatic carbocycles. The highest BCUT2D eigenvalue weighted by Gasteiger charge is 2.32. The van der Waals surface area contributed by atoms with E-state index in [0.29, 0.717) is 73.5 Å². The first-order valence-corrected chi connectivity index (χ1v) is 11.6. The second kappa shape index (κ2) is 8.05. The van der Waals surface area contributed by atoms with Crippen molar-refractivity contribution in [2.24, 2.45) is 0 Å². The molecule has 3 aromatic heterocycles. The van der Waals surface area contributed by atoms with Gasteiger partial charge in [-0.25, -0.2) is 19.3 Å². The Morgan fingerprint density at radius 2 is 1.97 bits per heavy atom. The third-order valence-electron chi connectivity index (χ3n) is 6.67. The van der Waals surface area contributed by atoms with Gasteiger partial charge < -0.3 is 20.5 Å². The van der Waals surface area contributed by atoms with Crippen LogP contribution in [-0.2, 0) is 30.6 Å². The molecule has 1 aliphatic carbocycles. The summed E-state index contributed by atoms with van der Waals surface area (Å²) in [6.07, 6.45) is 6.41. The maximum atomic E-state index is 15.9. The van der Waals surface area contributed by atoms with Gasteiger partial charge in [0, 0.05) is 55.1 Å². The summed E-state index contributed by atoms with van der Waals surface area (Å²) >= 11 is 6.02. The molecule has 5 heterocycles. The van der Waals surface area contributed by atoms with Crippen molar-refractivity contribution >= 4 is 35.1 Å². The third kappa shape index (κ3) is 3.40. The van der Waals surface area contributed by atoms with Gasteiger partial charge in [-0.3, -0.25) is 9.59 Å². The molecule has 9 nitrogen and oxygen atoms in total. The third-order valence-corrected chi connectivity index (χ3v) is 6.85. The van der Waals surface area contributed by atoms with Crippen LogP contribution >= 0.6 is 11.6 Å². The molecule has 3 aromatic rings. The summed E-state index contributed by atoms with van der Waals surface area (Å²) in [4.78, 5) is 42.1. The van der Waals surface area contributed by atoms with Gasteiger partial charge in [0.2, 0.25) is 11.2 Å². The van der Waals surface area contributed by atoms with Gasteiger partial charge >= 0.3 is 0 Å². The van der Waals surface area contributed by atoms with E-state index >= 15 is 4.39 Å². The van der Waals surface area contributed by atoms with Crippen molar-refractivity contribution in [1.82, 2.24) is 30.2 Å². The molecule has 0 unspecified atom stereocenters. The molecular formula is C23H21ClFN7O2. The fraction of sp³-hybridized carbons (Fsp3) is 0.348. The zero-order valence-electron chi connectivity index (χ0n) is 18.2. The fourth-order valence-electron chi connectivity index (χ4n) is 5.04. The molecule has 3 aliphatic rings. The number of hydrogen-bond acceptors (Lipinski definition) is 6. The van der Waals surface area contributed by atoms with E-state index in [-0.39, 0.29) is 22.9 Å². The number of aromatic amines is 1. The fourth-order valence-corrected chi connectivity index (χ4v) is 5.17. The van der Waals surface area contributed by atoms with Crippen LogP contribution in [0.2, 0.25) is 5.28 Å². The zero-order valence-corrected chi connectivity index (χ0v) is 18.9. The van der Waals surface area contributed by atoms with Crippen LogP contribution in [-0.4, -0.2) is 49.7 Å². The minimum atomic E-state index is -0.532.